The summed E-state index contributed by atoms with van der Waals surface area (Å²) in [5, 5.41) is 4.04. The molecular formula is C26H28Cl2N2O5. The van der Waals surface area contributed by atoms with Crippen LogP contribution in [0.5, 0.6) is 0 Å². The molecule has 3 rings (SSSR count). The Hall–Kier alpha value is -2.84. The first-order valence-corrected chi connectivity index (χ1v) is 11.9. The van der Waals surface area contributed by atoms with Crippen molar-refractivity contribution in [3.8, 4) is 0 Å². The molecule has 0 aliphatic carbocycles. The number of nitrogens with two attached hydrogens (primary N) is 1. The Labute approximate surface area is 214 Å². The molecule has 2 aromatic rings. The van der Waals surface area contributed by atoms with E-state index in [9.17, 15) is 9.59 Å². The molecule has 0 fully saturated rings. The van der Waals surface area contributed by atoms with Gasteiger partial charge in [0.1, 0.15) is 6.10 Å². The summed E-state index contributed by atoms with van der Waals surface area (Å²) < 4.78 is 16.7. The lowest BCUT2D eigenvalue weighted by Crippen LogP contribution is -2.36. The summed E-state index contributed by atoms with van der Waals surface area (Å²) in [7, 11) is 1.28. The van der Waals surface area contributed by atoms with Crippen LogP contribution in [0, 0.1) is 0 Å². The van der Waals surface area contributed by atoms with Crippen molar-refractivity contribution in [1.82, 2.24) is 5.32 Å². The molecule has 0 saturated carbocycles. The predicted octanol–water partition coefficient (Wildman–Crippen LogP) is 4.66. The van der Waals surface area contributed by atoms with E-state index in [1.54, 1.807) is 56.3 Å². The van der Waals surface area contributed by atoms with Crippen LogP contribution < -0.4 is 11.1 Å². The zero-order valence-corrected chi connectivity index (χ0v) is 21.3. The van der Waals surface area contributed by atoms with Gasteiger partial charge in [0, 0.05) is 27.9 Å². The van der Waals surface area contributed by atoms with Crippen molar-refractivity contribution in [2.24, 2.45) is 5.73 Å². The number of benzene rings is 2. The van der Waals surface area contributed by atoms with Crippen molar-refractivity contribution >= 4 is 35.1 Å². The van der Waals surface area contributed by atoms with Gasteiger partial charge in [0.2, 0.25) is 0 Å². The maximum Gasteiger partial charge on any atom is 0.336 e. The van der Waals surface area contributed by atoms with E-state index in [4.69, 9.17) is 43.1 Å². The van der Waals surface area contributed by atoms with Gasteiger partial charge in [0.25, 0.3) is 0 Å². The zero-order chi connectivity index (χ0) is 25.5. The molecule has 0 aromatic heterocycles. The number of dihydropyridines is 1. The van der Waals surface area contributed by atoms with Gasteiger partial charge in [-0.25, -0.2) is 9.59 Å². The van der Waals surface area contributed by atoms with Crippen molar-refractivity contribution < 1.29 is 23.8 Å². The van der Waals surface area contributed by atoms with Crippen molar-refractivity contribution in [3.05, 3.63) is 92.2 Å². The van der Waals surface area contributed by atoms with Gasteiger partial charge in [-0.2, -0.15) is 0 Å². The Kier molecular flexibility index (Phi) is 9.34. The highest BCUT2D eigenvalue weighted by Gasteiger charge is 2.42. The lowest BCUT2D eigenvalue weighted by atomic mass is 9.78. The van der Waals surface area contributed by atoms with Crippen molar-refractivity contribution in [2.45, 2.75) is 25.9 Å². The second-order valence-electron chi connectivity index (χ2n) is 7.72. The summed E-state index contributed by atoms with van der Waals surface area (Å²) in [6.45, 7) is 4.00. The van der Waals surface area contributed by atoms with Crippen LogP contribution in [0.15, 0.2) is 71.1 Å². The van der Waals surface area contributed by atoms with Crippen molar-refractivity contribution in [1.29, 1.82) is 0 Å². The van der Waals surface area contributed by atoms with Crippen LogP contribution in [0.1, 0.15) is 37.0 Å². The Morgan fingerprint density at radius 2 is 1.69 bits per heavy atom. The van der Waals surface area contributed by atoms with E-state index in [1.165, 1.54) is 7.11 Å². The highest BCUT2D eigenvalue weighted by Crippen LogP contribution is 2.45. The van der Waals surface area contributed by atoms with Crippen molar-refractivity contribution in [3.63, 3.8) is 0 Å². The van der Waals surface area contributed by atoms with E-state index in [-0.39, 0.29) is 30.9 Å². The molecule has 0 radical (unpaired) electrons. The van der Waals surface area contributed by atoms with Gasteiger partial charge in [-0.3, -0.25) is 0 Å². The topological polar surface area (TPSA) is 99.9 Å². The summed E-state index contributed by atoms with van der Waals surface area (Å²) in [4.78, 5) is 26.5. The highest BCUT2D eigenvalue weighted by molar-refractivity contribution is 6.32. The third kappa shape index (κ3) is 5.70. The summed E-state index contributed by atoms with van der Waals surface area (Å²) in [6, 6.07) is 14.2. The summed E-state index contributed by atoms with van der Waals surface area (Å²) in [5.74, 6) is -2.10. The molecule has 9 heteroatoms. The highest BCUT2D eigenvalue weighted by atomic mass is 35.5. The quantitative estimate of drug-likeness (QED) is 0.465. The van der Waals surface area contributed by atoms with Gasteiger partial charge in [0.05, 0.1) is 43.1 Å². The molecular weight excluding hydrogens is 491 g/mol. The van der Waals surface area contributed by atoms with Crippen LogP contribution in [-0.4, -0.2) is 38.8 Å². The molecule has 0 bridgehead atoms. The van der Waals surface area contributed by atoms with Crippen LogP contribution in [0.3, 0.4) is 0 Å². The molecule has 2 atom stereocenters. The standard InChI is InChI=1S/C26H28Cl2N2O5/c1-4-34-26(32)22-21(16-9-5-7-11-18(16)27)20(25(31)33-3)15(2)30-23(22)24(35-14-13-29)17-10-6-8-12-19(17)28/h5-12,21,24,30H,4,13-14,29H2,1-3H3. The molecule has 1 heterocycles. The number of halogens is 2. The smallest absolute Gasteiger partial charge is 0.336 e. The molecule has 3 N–H and O–H groups in total. The maximum atomic E-state index is 13.5. The minimum Gasteiger partial charge on any atom is -0.466 e. The van der Waals surface area contributed by atoms with Gasteiger partial charge in [-0.05, 0) is 31.5 Å². The first kappa shape index (κ1) is 26.8. The number of carbonyl (C=O) groups excluding carboxylic acids is 2. The van der Waals surface area contributed by atoms with Crippen LogP contribution in [0.2, 0.25) is 10.0 Å². The maximum absolute atomic E-state index is 13.5. The fourth-order valence-corrected chi connectivity index (χ4v) is 4.58. The second kappa shape index (κ2) is 12.2. The van der Waals surface area contributed by atoms with Gasteiger partial charge in [-0.15, -0.1) is 0 Å². The normalized spacial score (nSPS) is 16.6. The Morgan fingerprint density at radius 1 is 1.03 bits per heavy atom. The third-order valence-electron chi connectivity index (χ3n) is 5.56. The van der Waals surface area contributed by atoms with Crippen LogP contribution in [0.25, 0.3) is 0 Å². The van der Waals surface area contributed by atoms with Gasteiger partial charge in [-0.1, -0.05) is 59.6 Å². The SMILES string of the molecule is CCOC(=O)C1=C(C(OCCN)c2ccccc2Cl)NC(C)=C(C(=O)OC)C1c1ccccc1Cl. The fraction of sp³-hybridized carbons (Fsp3) is 0.308. The molecule has 0 spiro atoms. The van der Waals surface area contributed by atoms with E-state index < -0.39 is 24.0 Å². The minimum absolute atomic E-state index is 0.127. The number of ether oxygens (including phenoxy) is 3. The Balaban J connectivity index is 2.36. The lowest BCUT2D eigenvalue weighted by Gasteiger charge is -2.35. The summed E-state index contributed by atoms with van der Waals surface area (Å²) in [5.41, 5.74) is 8.20. The molecule has 1 aliphatic heterocycles. The summed E-state index contributed by atoms with van der Waals surface area (Å²) in [6.07, 6.45) is -0.800. The third-order valence-corrected chi connectivity index (χ3v) is 6.25. The van der Waals surface area contributed by atoms with E-state index in [0.717, 1.165) is 0 Å². The van der Waals surface area contributed by atoms with Crippen LogP contribution in [-0.2, 0) is 23.8 Å². The molecule has 7 nitrogen and oxygen atoms in total. The van der Waals surface area contributed by atoms with E-state index in [1.807, 2.05) is 6.07 Å². The largest absolute Gasteiger partial charge is 0.466 e. The van der Waals surface area contributed by atoms with Crippen LogP contribution in [0.4, 0.5) is 0 Å². The molecule has 35 heavy (non-hydrogen) atoms. The van der Waals surface area contributed by atoms with Crippen molar-refractivity contribution in [2.75, 3.05) is 26.9 Å². The van der Waals surface area contributed by atoms with Gasteiger partial charge < -0.3 is 25.3 Å². The van der Waals surface area contributed by atoms with E-state index >= 15 is 0 Å². The number of allylic oxidation sites excluding steroid dienone is 1. The average Bonchev–Trinajstić information content (AvgIpc) is 2.84. The molecule has 0 saturated heterocycles. The predicted molar refractivity (Wildman–Crippen MR) is 135 cm³/mol. The molecule has 0 amide bonds. The Bertz CT molecular complexity index is 1160. The first-order valence-electron chi connectivity index (χ1n) is 11.1. The number of hydrogen-bond donors (Lipinski definition) is 2. The number of rotatable bonds is 9. The fourth-order valence-electron chi connectivity index (χ4n) is 4.10. The van der Waals surface area contributed by atoms with Gasteiger partial charge in [0.15, 0.2) is 0 Å². The first-order chi connectivity index (χ1) is 16.8. The Morgan fingerprint density at radius 3 is 2.29 bits per heavy atom. The van der Waals surface area contributed by atoms with Gasteiger partial charge >= 0.3 is 11.9 Å². The number of hydrogen-bond acceptors (Lipinski definition) is 7. The number of esters is 2. The number of nitrogens with one attached hydrogen (secondary N) is 1. The van der Waals surface area contributed by atoms with E-state index in [2.05, 4.69) is 5.32 Å². The lowest BCUT2D eigenvalue weighted by molar-refractivity contribution is -0.139. The van der Waals surface area contributed by atoms with Crippen LogP contribution >= 0.6 is 23.2 Å². The molecule has 2 unspecified atom stereocenters. The molecule has 2 aromatic carbocycles. The van der Waals surface area contributed by atoms with E-state index in [0.29, 0.717) is 32.6 Å². The number of carbonyl (C=O) groups is 2. The molecule has 186 valence electrons. The second-order valence-corrected chi connectivity index (χ2v) is 8.53. The monoisotopic (exact) mass is 518 g/mol. The number of methoxy groups -OCH3 is 1. The molecule has 1 aliphatic rings. The minimum atomic E-state index is -0.877. The summed E-state index contributed by atoms with van der Waals surface area (Å²) >= 11 is 13.1. The zero-order valence-electron chi connectivity index (χ0n) is 19.8. The average molecular weight is 519 g/mol.